The van der Waals surface area contributed by atoms with Crippen LogP contribution in [0.15, 0.2) is 35.9 Å². The van der Waals surface area contributed by atoms with Crippen molar-refractivity contribution >= 4 is 12.5 Å². The number of carbonyl (C=O) groups excluding carboxylic acids is 1. The molecule has 0 aliphatic heterocycles. The number of carbonyl (C=O) groups is 1. The van der Waals surface area contributed by atoms with Crippen LogP contribution < -0.4 is 0 Å². The zero-order valence-corrected chi connectivity index (χ0v) is 9.69. The minimum atomic E-state index is 0.431. The molecule has 0 atom stereocenters. The molecule has 1 aromatic rings. The Morgan fingerprint density at radius 1 is 1.25 bits per heavy atom. The molecule has 86 valence electrons. The fraction of sp³-hybridized carbons (Fsp3) is 0.357. The lowest BCUT2D eigenvalue weighted by atomic mass is 9.91. The highest BCUT2D eigenvalue weighted by Crippen LogP contribution is 2.27. The molecule has 0 unspecified atom stereocenters. The highest BCUT2D eigenvalue weighted by molar-refractivity contribution is 5.53. The Labute approximate surface area is 96.9 Å². The first-order valence-electron chi connectivity index (χ1n) is 5.66. The van der Waals surface area contributed by atoms with Gasteiger partial charge in [0, 0.05) is 0 Å². The van der Waals surface area contributed by atoms with Crippen molar-refractivity contribution in [3.63, 3.8) is 0 Å². The average molecular weight is 218 g/mol. The number of hydrogen-bond acceptors (Lipinski definition) is 2. The Morgan fingerprint density at radius 3 is 2.31 bits per heavy atom. The van der Waals surface area contributed by atoms with Gasteiger partial charge in [0.2, 0.25) is 0 Å². The third-order valence-electron chi connectivity index (χ3n) is 2.40. The molecular formula is C14H18O2. The molecule has 1 saturated carbocycles. The first-order valence-corrected chi connectivity index (χ1v) is 5.66. The summed E-state index contributed by atoms with van der Waals surface area (Å²) in [6.45, 7) is 2.66. The molecule has 16 heavy (non-hydrogen) atoms. The number of allylic oxidation sites excluding steroid dienone is 1. The molecule has 0 aromatic heterocycles. The fourth-order valence-electron chi connectivity index (χ4n) is 1.38. The average Bonchev–Trinajstić information content (AvgIpc) is 2.27. The molecule has 2 rings (SSSR count). The maximum Gasteiger partial charge on any atom is 0.293 e. The Balaban J connectivity index is 0.000000221. The molecule has 0 bridgehead atoms. The topological polar surface area (TPSA) is 26.3 Å². The van der Waals surface area contributed by atoms with Crippen molar-refractivity contribution in [2.24, 2.45) is 0 Å². The monoisotopic (exact) mass is 218 g/mol. The van der Waals surface area contributed by atoms with Crippen LogP contribution in [0.2, 0.25) is 0 Å². The van der Waals surface area contributed by atoms with Crippen molar-refractivity contribution in [3.8, 4) is 0 Å². The van der Waals surface area contributed by atoms with Crippen LogP contribution in [-0.4, -0.2) is 13.1 Å². The molecule has 2 nitrogen and oxygen atoms in total. The van der Waals surface area contributed by atoms with Crippen LogP contribution in [0.1, 0.15) is 31.7 Å². The minimum absolute atomic E-state index is 0.431. The first-order chi connectivity index (χ1) is 7.86. The summed E-state index contributed by atoms with van der Waals surface area (Å²) < 4.78 is 4.15. The smallest absolute Gasteiger partial charge is 0.293 e. The van der Waals surface area contributed by atoms with E-state index in [9.17, 15) is 4.79 Å². The summed E-state index contributed by atoms with van der Waals surface area (Å²) in [4.78, 5) is 9.18. The predicted molar refractivity (Wildman–Crippen MR) is 66.0 cm³/mol. The molecule has 0 amide bonds. The molecule has 2 heteroatoms. The normalized spacial score (nSPS) is 12.9. The van der Waals surface area contributed by atoms with Crippen LogP contribution >= 0.6 is 0 Å². The van der Waals surface area contributed by atoms with Gasteiger partial charge in [-0.15, -0.1) is 0 Å². The van der Waals surface area contributed by atoms with Crippen molar-refractivity contribution in [2.45, 2.75) is 26.2 Å². The van der Waals surface area contributed by atoms with Gasteiger partial charge in [0.1, 0.15) is 0 Å². The Hall–Kier alpha value is -1.57. The highest BCUT2D eigenvalue weighted by atomic mass is 16.5. The van der Waals surface area contributed by atoms with E-state index in [2.05, 4.69) is 41.1 Å². The Bertz CT molecular complexity index is 322. The molecule has 0 saturated heterocycles. The van der Waals surface area contributed by atoms with Crippen LogP contribution in [0.5, 0.6) is 0 Å². The number of benzene rings is 1. The highest BCUT2D eigenvalue weighted by Gasteiger charge is 2.06. The fourth-order valence-corrected chi connectivity index (χ4v) is 1.38. The van der Waals surface area contributed by atoms with Crippen molar-refractivity contribution in [2.75, 3.05) is 6.61 Å². The maximum atomic E-state index is 9.18. The van der Waals surface area contributed by atoms with Gasteiger partial charge in [-0.2, -0.15) is 0 Å². The third-order valence-corrected chi connectivity index (χ3v) is 2.40. The molecule has 1 aliphatic rings. The van der Waals surface area contributed by atoms with E-state index in [4.69, 9.17) is 0 Å². The van der Waals surface area contributed by atoms with Crippen LogP contribution in [0.25, 0.3) is 6.08 Å². The quantitative estimate of drug-likeness (QED) is 0.726. The maximum absolute atomic E-state index is 9.18. The van der Waals surface area contributed by atoms with E-state index in [0.29, 0.717) is 13.1 Å². The van der Waals surface area contributed by atoms with Crippen LogP contribution in [0.3, 0.4) is 0 Å². The van der Waals surface area contributed by atoms with Gasteiger partial charge in [0.25, 0.3) is 6.47 Å². The third kappa shape index (κ3) is 4.78. The standard InChI is InChI=1S/C11H12.C3H6O2/c1-2-5-10(6-3-1)9-11-7-4-8-11;1-2-5-3-4/h1-3,5-6,9H,4,7-8H2;3H,2H2,1H3. The van der Waals surface area contributed by atoms with Gasteiger partial charge < -0.3 is 4.74 Å². The van der Waals surface area contributed by atoms with E-state index in [1.807, 2.05) is 0 Å². The lowest BCUT2D eigenvalue weighted by Gasteiger charge is -2.15. The summed E-state index contributed by atoms with van der Waals surface area (Å²) in [5, 5.41) is 0. The Morgan fingerprint density at radius 2 is 1.94 bits per heavy atom. The van der Waals surface area contributed by atoms with Gasteiger partial charge in [-0.25, -0.2) is 0 Å². The number of hydrogen-bond donors (Lipinski definition) is 0. The summed E-state index contributed by atoms with van der Waals surface area (Å²) in [5.74, 6) is 0. The van der Waals surface area contributed by atoms with Gasteiger partial charge in [-0.1, -0.05) is 42.0 Å². The predicted octanol–water partition coefficient (Wildman–Crippen LogP) is 3.43. The second kappa shape index (κ2) is 7.69. The van der Waals surface area contributed by atoms with Crippen LogP contribution in [0.4, 0.5) is 0 Å². The SMILES string of the molecule is C(=C1CCC1)c1ccccc1.CCOC=O. The van der Waals surface area contributed by atoms with Crippen LogP contribution in [0, 0.1) is 0 Å². The van der Waals surface area contributed by atoms with E-state index < -0.39 is 0 Å². The van der Waals surface area contributed by atoms with Crippen molar-refractivity contribution in [3.05, 3.63) is 41.5 Å². The van der Waals surface area contributed by atoms with Crippen molar-refractivity contribution < 1.29 is 9.53 Å². The van der Waals surface area contributed by atoms with Crippen LogP contribution in [-0.2, 0) is 9.53 Å². The summed E-state index contributed by atoms with van der Waals surface area (Å²) >= 11 is 0. The molecule has 1 aliphatic carbocycles. The number of ether oxygens (including phenoxy) is 1. The van der Waals surface area contributed by atoms with E-state index in [0.717, 1.165) is 0 Å². The number of rotatable bonds is 3. The first kappa shape index (κ1) is 12.5. The van der Waals surface area contributed by atoms with Crippen molar-refractivity contribution in [1.29, 1.82) is 0 Å². The summed E-state index contributed by atoms with van der Waals surface area (Å²) in [6.07, 6.45) is 6.33. The van der Waals surface area contributed by atoms with E-state index in [1.165, 1.54) is 24.8 Å². The minimum Gasteiger partial charge on any atom is -0.468 e. The second-order valence-electron chi connectivity index (χ2n) is 3.62. The summed E-state index contributed by atoms with van der Waals surface area (Å²) in [6, 6.07) is 10.6. The molecule has 1 aromatic carbocycles. The van der Waals surface area contributed by atoms with Gasteiger partial charge in [-0.3, -0.25) is 4.79 Å². The van der Waals surface area contributed by atoms with Gasteiger partial charge in [0.15, 0.2) is 0 Å². The summed E-state index contributed by atoms with van der Waals surface area (Å²) in [5.41, 5.74) is 2.96. The van der Waals surface area contributed by atoms with E-state index in [-0.39, 0.29) is 0 Å². The largest absolute Gasteiger partial charge is 0.468 e. The molecule has 0 spiro atoms. The summed E-state index contributed by atoms with van der Waals surface area (Å²) in [7, 11) is 0. The van der Waals surface area contributed by atoms with E-state index >= 15 is 0 Å². The molecule has 0 radical (unpaired) electrons. The Kier molecular flexibility index (Phi) is 6.00. The molecule has 0 heterocycles. The molecule has 0 N–H and O–H groups in total. The molecular weight excluding hydrogens is 200 g/mol. The zero-order chi connectivity index (χ0) is 11.6. The van der Waals surface area contributed by atoms with Gasteiger partial charge in [0.05, 0.1) is 6.61 Å². The lowest BCUT2D eigenvalue weighted by Crippen LogP contribution is -1.95. The van der Waals surface area contributed by atoms with Crippen molar-refractivity contribution in [1.82, 2.24) is 0 Å². The zero-order valence-electron chi connectivity index (χ0n) is 9.69. The van der Waals surface area contributed by atoms with E-state index in [1.54, 1.807) is 12.5 Å². The van der Waals surface area contributed by atoms with Gasteiger partial charge in [-0.05, 0) is 31.7 Å². The lowest BCUT2D eigenvalue weighted by molar-refractivity contribution is -0.128. The van der Waals surface area contributed by atoms with Gasteiger partial charge >= 0.3 is 0 Å². The molecule has 1 fully saturated rings. The second-order valence-corrected chi connectivity index (χ2v) is 3.62.